The number of hydrogen-bond donors (Lipinski definition) is 0. The van der Waals surface area contributed by atoms with Crippen molar-refractivity contribution in [3.05, 3.63) is 34.1 Å². The maximum absolute atomic E-state index is 13.3. The summed E-state index contributed by atoms with van der Waals surface area (Å²) in [5.41, 5.74) is 0.360. The molecule has 0 aliphatic carbocycles. The summed E-state index contributed by atoms with van der Waals surface area (Å²) >= 11 is 3.11. The van der Waals surface area contributed by atoms with Crippen molar-refractivity contribution in [1.29, 1.82) is 0 Å². The molecule has 2 rings (SSSR count). The molecular weight excluding hydrogens is 289 g/mol. The Morgan fingerprint density at radius 2 is 2.35 bits per heavy atom. The minimum Gasteiger partial charge on any atom is -0.375 e. The van der Waals surface area contributed by atoms with E-state index in [4.69, 9.17) is 4.74 Å². The second-order valence-corrected chi connectivity index (χ2v) is 4.83. The first-order chi connectivity index (χ1) is 8.09. The summed E-state index contributed by atoms with van der Waals surface area (Å²) in [6.07, 6.45) is 0.0278. The number of ether oxygens (including phenoxy) is 1. The molecule has 1 heterocycles. The third-order valence-electron chi connectivity index (χ3n) is 2.71. The van der Waals surface area contributed by atoms with Gasteiger partial charge in [-0.25, -0.2) is 4.39 Å². The lowest BCUT2D eigenvalue weighted by molar-refractivity contribution is -0.0124. The number of carbonyl (C=O) groups is 1. The van der Waals surface area contributed by atoms with Gasteiger partial charge in [0.1, 0.15) is 5.82 Å². The first kappa shape index (κ1) is 12.5. The van der Waals surface area contributed by atoms with Crippen LogP contribution in [0.1, 0.15) is 17.3 Å². The van der Waals surface area contributed by atoms with Crippen molar-refractivity contribution >= 4 is 21.8 Å². The second kappa shape index (κ2) is 5.14. The topological polar surface area (TPSA) is 29.5 Å². The molecule has 0 saturated carbocycles. The van der Waals surface area contributed by atoms with E-state index in [0.717, 1.165) is 0 Å². The molecule has 1 aromatic rings. The fraction of sp³-hybridized carbons (Fsp3) is 0.417. The van der Waals surface area contributed by atoms with Crippen molar-refractivity contribution in [2.24, 2.45) is 0 Å². The van der Waals surface area contributed by atoms with Gasteiger partial charge in [0.2, 0.25) is 0 Å². The Kier molecular flexibility index (Phi) is 3.79. The van der Waals surface area contributed by atoms with Gasteiger partial charge in [-0.2, -0.15) is 0 Å². The zero-order chi connectivity index (χ0) is 12.4. The van der Waals surface area contributed by atoms with Gasteiger partial charge in [-0.3, -0.25) is 4.79 Å². The van der Waals surface area contributed by atoms with Crippen molar-refractivity contribution in [3.63, 3.8) is 0 Å². The molecule has 0 aromatic heterocycles. The third-order valence-corrected chi connectivity index (χ3v) is 3.52. The maximum Gasteiger partial charge on any atom is 0.255 e. The number of rotatable bonds is 1. The smallest absolute Gasteiger partial charge is 0.255 e. The zero-order valence-corrected chi connectivity index (χ0v) is 11.0. The van der Waals surface area contributed by atoms with Gasteiger partial charge in [0, 0.05) is 13.1 Å². The SMILES string of the molecule is C[C@@H]1CN(C(=O)c2cccc(F)c2Br)CCO1. The van der Waals surface area contributed by atoms with E-state index in [9.17, 15) is 9.18 Å². The van der Waals surface area contributed by atoms with Crippen LogP contribution in [0.15, 0.2) is 22.7 Å². The lowest BCUT2D eigenvalue weighted by Gasteiger charge is -2.31. The number of halogens is 2. The molecule has 0 spiro atoms. The minimum absolute atomic E-state index is 0.0278. The molecule has 1 amide bonds. The van der Waals surface area contributed by atoms with E-state index in [2.05, 4.69) is 15.9 Å². The molecule has 3 nitrogen and oxygen atoms in total. The molecule has 0 bridgehead atoms. The molecule has 92 valence electrons. The summed E-state index contributed by atoms with van der Waals surface area (Å²) in [7, 11) is 0. The van der Waals surface area contributed by atoms with Gasteiger partial charge in [0.25, 0.3) is 5.91 Å². The highest BCUT2D eigenvalue weighted by molar-refractivity contribution is 9.10. The van der Waals surface area contributed by atoms with Gasteiger partial charge < -0.3 is 9.64 Å². The van der Waals surface area contributed by atoms with E-state index >= 15 is 0 Å². The molecule has 0 N–H and O–H groups in total. The van der Waals surface area contributed by atoms with Crippen LogP contribution in [-0.2, 0) is 4.74 Å². The Morgan fingerprint density at radius 1 is 1.59 bits per heavy atom. The van der Waals surface area contributed by atoms with Crippen LogP contribution < -0.4 is 0 Å². The number of carbonyl (C=O) groups excluding carboxylic acids is 1. The van der Waals surface area contributed by atoms with Crippen LogP contribution in [-0.4, -0.2) is 36.6 Å². The Balaban J connectivity index is 2.22. The first-order valence-electron chi connectivity index (χ1n) is 5.44. The molecule has 0 unspecified atom stereocenters. The molecular formula is C12H13BrFNO2. The predicted molar refractivity (Wildman–Crippen MR) is 65.4 cm³/mol. The molecule has 1 aliphatic rings. The summed E-state index contributed by atoms with van der Waals surface area (Å²) in [4.78, 5) is 13.9. The summed E-state index contributed by atoms with van der Waals surface area (Å²) in [6.45, 7) is 3.54. The Hall–Kier alpha value is -0.940. The van der Waals surface area contributed by atoms with Gasteiger partial charge in [-0.15, -0.1) is 0 Å². The van der Waals surface area contributed by atoms with E-state index < -0.39 is 5.82 Å². The van der Waals surface area contributed by atoms with Crippen LogP contribution in [0.2, 0.25) is 0 Å². The lowest BCUT2D eigenvalue weighted by atomic mass is 10.1. The lowest BCUT2D eigenvalue weighted by Crippen LogP contribution is -2.44. The quantitative estimate of drug-likeness (QED) is 0.797. The number of amides is 1. The van der Waals surface area contributed by atoms with Crippen LogP contribution in [0.25, 0.3) is 0 Å². The highest BCUT2D eigenvalue weighted by Gasteiger charge is 2.24. The number of hydrogen-bond acceptors (Lipinski definition) is 2. The van der Waals surface area contributed by atoms with Crippen molar-refractivity contribution < 1.29 is 13.9 Å². The minimum atomic E-state index is -0.419. The van der Waals surface area contributed by atoms with E-state index in [1.807, 2.05) is 6.92 Å². The van der Waals surface area contributed by atoms with Crippen LogP contribution in [0.3, 0.4) is 0 Å². The Labute approximate surface area is 108 Å². The molecule has 0 radical (unpaired) electrons. The van der Waals surface area contributed by atoms with E-state index in [1.54, 1.807) is 11.0 Å². The molecule has 17 heavy (non-hydrogen) atoms. The maximum atomic E-state index is 13.3. The van der Waals surface area contributed by atoms with Gasteiger partial charge in [-0.1, -0.05) is 6.07 Å². The Bertz CT molecular complexity index is 439. The number of benzene rings is 1. The summed E-state index contributed by atoms with van der Waals surface area (Å²) in [6, 6.07) is 4.48. The van der Waals surface area contributed by atoms with Crippen molar-refractivity contribution in [2.75, 3.05) is 19.7 Å². The average molecular weight is 302 g/mol. The first-order valence-corrected chi connectivity index (χ1v) is 6.24. The largest absolute Gasteiger partial charge is 0.375 e. The van der Waals surface area contributed by atoms with Crippen LogP contribution >= 0.6 is 15.9 Å². The van der Waals surface area contributed by atoms with Gasteiger partial charge in [0.15, 0.2) is 0 Å². The molecule has 5 heteroatoms. The number of morpholine rings is 1. The van der Waals surface area contributed by atoms with Gasteiger partial charge in [-0.05, 0) is 35.0 Å². The van der Waals surface area contributed by atoms with Crippen LogP contribution in [0, 0.1) is 5.82 Å². The van der Waals surface area contributed by atoms with Gasteiger partial charge >= 0.3 is 0 Å². The van der Waals surface area contributed by atoms with E-state index in [-0.39, 0.29) is 16.5 Å². The third kappa shape index (κ3) is 2.66. The van der Waals surface area contributed by atoms with Crippen molar-refractivity contribution in [1.82, 2.24) is 4.90 Å². The monoisotopic (exact) mass is 301 g/mol. The zero-order valence-electron chi connectivity index (χ0n) is 9.45. The fourth-order valence-electron chi connectivity index (χ4n) is 1.84. The number of nitrogens with zero attached hydrogens (tertiary/aromatic N) is 1. The Morgan fingerprint density at radius 3 is 3.06 bits per heavy atom. The second-order valence-electron chi connectivity index (χ2n) is 4.03. The highest BCUT2D eigenvalue weighted by atomic mass is 79.9. The molecule has 1 aromatic carbocycles. The predicted octanol–water partition coefficient (Wildman–Crippen LogP) is 2.45. The fourth-order valence-corrected chi connectivity index (χ4v) is 2.28. The highest BCUT2D eigenvalue weighted by Crippen LogP contribution is 2.22. The summed E-state index contributed by atoms with van der Waals surface area (Å²) < 4.78 is 18.9. The normalized spacial score (nSPS) is 20.4. The van der Waals surface area contributed by atoms with Gasteiger partial charge in [0.05, 0.1) is 22.7 Å². The average Bonchev–Trinajstić information content (AvgIpc) is 2.32. The molecule has 1 aliphatic heterocycles. The summed E-state index contributed by atoms with van der Waals surface area (Å²) in [5.74, 6) is -0.580. The molecule has 1 saturated heterocycles. The van der Waals surface area contributed by atoms with Crippen LogP contribution in [0.4, 0.5) is 4.39 Å². The molecule has 1 fully saturated rings. The standard InChI is InChI=1S/C12H13BrFNO2/c1-8-7-15(5-6-17-8)12(16)9-3-2-4-10(14)11(9)13/h2-4,8H,5-7H2,1H3/t8-/m1/s1. The van der Waals surface area contributed by atoms with Crippen LogP contribution in [0.5, 0.6) is 0 Å². The van der Waals surface area contributed by atoms with Crippen molar-refractivity contribution in [2.45, 2.75) is 13.0 Å². The van der Waals surface area contributed by atoms with Crippen molar-refractivity contribution in [3.8, 4) is 0 Å². The van der Waals surface area contributed by atoms with E-state index in [0.29, 0.717) is 25.3 Å². The molecule has 1 atom stereocenters. The van der Waals surface area contributed by atoms with E-state index in [1.165, 1.54) is 12.1 Å². The summed E-state index contributed by atoms with van der Waals surface area (Å²) in [5, 5.41) is 0.